The van der Waals surface area contributed by atoms with Gasteiger partial charge in [0.05, 0.1) is 11.1 Å². The average Bonchev–Trinajstić information content (AvgIpc) is 2.35. The summed E-state index contributed by atoms with van der Waals surface area (Å²) in [4.78, 5) is 0. The second-order valence-corrected chi connectivity index (χ2v) is 7.21. The molecule has 0 radical (unpaired) electrons. The maximum Gasteiger partial charge on any atom is 0.215 e. The lowest BCUT2D eigenvalue weighted by Gasteiger charge is -2.27. The second-order valence-electron chi connectivity index (χ2n) is 4.15. The fourth-order valence-electron chi connectivity index (χ4n) is 2.29. The maximum atomic E-state index is 12.0. The first-order valence-electron chi connectivity index (χ1n) is 5.39. The molecule has 88 valence electrons. The summed E-state index contributed by atoms with van der Waals surface area (Å²) in [7, 11) is -3.01. The van der Waals surface area contributed by atoms with Crippen molar-refractivity contribution in [3.63, 3.8) is 0 Å². The molecule has 2 rings (SSSR count). The second kappa shape index (κ2) is 4.61. The van der Waals surface area contributed by atoms with E-state index >= 15 is 0 Å². The van der Waals surface area contributed by atoms with E-state index in [-0.39, 0.29) is 5.37 Å². The average molecular weight is 250 g/mol. The van der Waals surface area contributed by atoms with Crippen molar-refractivity contribution in [3.8, 4) is 0 Å². The summed E-state index contributed by atoms with van der Waals surface area (Å²) < 4.78 is 25.7. The largest absolute Gasteiger partial charge is 0.311 e. The Hall–Kier alpha value is 0.220. The Kier molecular flexibility index (Phi) is 3.59. The SMILES string of the molecule is CSC1CNC2CCCS(=O)(=O)N1CC2. The molecule has 3 atom stereocenters. The number of fused-ring (bicyclic) bond motifs is 3. The fourth-order valence-corrected chi connectivity index (χ4v) is 5.13. The smallest absolute Gasteiger partial charge is 0.215 e. The van der Waals surface area contributed by atoms with Gasteiger partial charge in [0.25, 0.3) is 0 Å². The molecule has 2 saturated heterocycles. The van der Waals surface area contributed by atoms with Crippen LogP contribution in [-0.2, 0) is 10.0 Å². The Morgan fingerprint density at radius 2 is 2.20 bits per heavy atom. The lowest BCUT2D eigenvalue weighted by atomic mass is 10.1. The maximum absolute atomic E-state index is 12.0. The number of hydrogen-bond donors (Lipinski definition) is 1. The number of nitrogens with one attached hydrogen (secondary N) is 1. The summed E-state index contributed by atoms with van der Waals surface area (Å²) in [6.07, 6.45) is 4.72. The van der Waals surface area contributed by atoms with Crippen LogP contribution in [0.5, 0.6) is 0 Å². The van der Waals surface area contributed by atoms with Crippen LogP contribution in [0.15, 0.2) is 0 Å². The van der Waals surface area contributed by atoms with Crippen LogP contribution in [0.1, 0.15) is 19.3 Å². The molecule has 0 amide bonds. The van der Waals surface area contributed by atoms with E-state index in [1.807, 2.05) is 6.26 Å². The Morgan fingerprint density at radius 1 is 1.40 bits per heavy atom. The minimum absolute atomic E-state index is 0.0816. The van der Waals surface area contributed by atoms with Crippen molar-refractivity contribution in [1.82, 2.24) is 9.62 Å². The van der Waals surface area contributed by atoms with Crippen LogP contribution in [0.4, 0.5) is 0 Å². The summed E-state index contributed by atoms with van der Waals surface area (Å²) in [5.41, 5.74) is 0. The van der Waals surface area contributed by atoms with Crippen molar-refractivity contribution >= 4 is 21.8 Å². The molecule has 3 unspecified atom stereocenters. The van der Waals surface area contributed by atoms with Crippen molar-refractivity contribution < 1.29 is 8.42 Å². The van der Waals surface area contributed by atoms with Crippen molar-refractivity contribution in [3.05, 3.63) is 0 Å². The standard InChI is InChI=1S/C9H18N2O2S2/c1-14-9-7-10-8-3-2-6-15(12,13)11(9)5-4-8/h8-10H,2-7H2,1H3. The van der Waals surface area contributed by atoms with Gasteiger partial charge >= 0.3 is 0 Å². The number of nitrogens with zero attached hydrogens (tertiary/aromatic N) is 1. The molecule has 0 aromatic rings. The summed E-state index contributed by atoms with van der Waals surface area (Å²) in [5, 5.41) is 3.55. The summed E-state index contributed by atoms with van der Waals surface area (Å²) in [6.45, 7) is 1.47. The van der Waals surface area contributed by atoms with Gasteiger partial charge in [-0.25, -0.2) is 8.42 Å². The molecule has 2 bridgehead atoms. The molecule has 2 aliphatic heterocycles. The van der Waals surface area contributed by atoms with Crippen LogP contribution >= 0.6 is 11.8 Å². The molecule has 2 fully saturated rings. The van der Waals surface area contributed by atoms with Crippen LogP contribution in [0.2, 0.25) is 0 Å². The highest BCUT2D eigenvalue weighted by Crippen LogP contribution is 2.24. The molecule has 0 aromatic heterocycles. The molecule has 0 spiro atoms. The summed E-state index contributed by atoms with van der Waals surface area (Å²) in [6, 6.07) is 0.514. The molecule has 2 heterocycles. The number of hydrogen-bond acceptors (Lipinski definition) is 4. The lowest BCUT2D eigenvalue weighted by Crippen LogP contribution is -2.42. The molecular formula is C9H18N2O2S2. The quantitative estimate of drug-likeness (QED) is 0.735. The monoisotopic (exact) mass is 250 g/mol. The third kappa shape index (κ3) is 2.49. The van der Waals surface area contributed by atoms with Gasteiger partial charge in [-0.3, -0.25) is 0 Å². The molecule has 0 aromatic carbocycles. The van der Waals surface area contributed by atoms with Gasteiger partial charge in [-0.15, -0.1) is 11.8 Å². The number of thioether (sulfide) groups is 1. The van der Waals surface area contributed by atoms with Crippen molar-refractivity contribution in [2.75, 3.05) is 25.1 Å². The van der Waals surface area contributed by atoms with Gasteiger partial charge in [0, 0.05) is 19.1 Å². The zero-order chi connectivity index (χ0) is 10.9. The minimum atomic E-state index is -3.01. The Bertz CT molecular complexity index is 318. The highest BCUT2D eigenvalue weighted by molar-refractivity contribution is 8.00. The Morgan fingerprint density at radius 3 is 2.93 bits per heavy atom. The summed E-state index contributed by atoms with van der Waals surface area (Å²) in [5.74, 6) is 0.322. The van der Waals surface area contributed by atoms with E-state index in [0.29, 0.717) is 18.3 Å². The van der Waals surface area contributed by atoms with E-state index in [1.54, 1.807) is 16.1 Å². The predicted molar refractivity (Wildman–Crippen MR) is 63.4 cm³/mol. The topological polar surface area (TPSA) is 49.4 Å². The molecule has 4 nitrogen and oxygen atoms in total. The molecule has 1 N–H and O–H groups in total. The zero-order valence-corrected chi connectivity index (χ0v) is 10.6. The minimum Gasteiger partial charge on any atom is -0.311 e. The van der Waals surface area contributed by atoms with Crippen molar-refractivity contribution in [2.24, 2.45) is 0 Å². The third-order valence-corrected chi connectivity index (χ3v) is 6.24. The van der Waals surface area contributed by atoms with Gasteiger partial charge in [0.1, 0.15) is 0 Å². The predicted octanol–water partition coefficient (Wildman–Crippen LogP) is 0.463. The molecule has 6 heteroatoms. The normalized spacial score (nSPS) is 40.5. The van der Waals surface area contributed by atoms with E-state index in [2.05, 4.69) is 5.32 Å². The molecule has 2 aliphatic rings. The number of sulfonamides is 1. The fraction of sp³-hybridized carbons (Fsp3) is 1.00. The highest BCUT2D eigenvalue weighted by atomic mass is 32.2. The van der Waals surface area contributed by atoms with Crippen LogP contribution in [0.25, 0.3) is 0 Å². The Balaban J connectivity index is 2.27. The van der Waals surface area contributed by atoms with Crippen LogP contribution in [0.3, 0.4) is 0 Å². The first-order valence-corrected chi connectivity index (χ1v) is 8.29. The zero-order valence-electron chi connectivity index (χ0n) is 8.98. The van der Waals surface area contributed by atoms with Gasteiger partial charge in [-0.1, -0.05) is 0 Å². The molecule has 15 heavy (non-hydrogen) atoms. The van der Waals surface area contributed by atoms with E-state index in [0.717, 1.165) is 25.8 Å². The van der Waals surface area contributed by atoms with Gasteiger partial charge in [0.2, 0.25) is 10.0 Å². The third-order valence-electron chi connectivity index (χ3n) is 3.18. The van der Waals surface area contributed by atoms with Crippen LogP contribution in [-0.4, -0.2) is 49.2 Å². The van der Waals surface area contributed by atoms with Crippen LogP contribution in [0, 0.1) is 0 Å². The molecule has 0 aliphatic carbocycles. The molecule has 0 saturated carbocycles. The first kappa shape index (κ1) is 11.7. The summed E-state index contributed by atoms with van der Waals surface area (Å²) >= 11 is 1.62. The molecular weight excluding hydrogens is 232 g/mol. The van der Waals surface area contributed by atoms with Crippen molar-refractivity contribution in [1.29, 1.82) is 0 Å². The van der Waals surface area contributed by atoms with Crippen molar-refractivity contribution in [2.45, 2.75) is 30.7 Å². The highest BCUT2D eigenvalue weighted by Gasteiger charge is 2.34. The number of rotatable bonds is 1. The van der Waals surface area contributed by atoms with E-state index < -0.39 is 10.0 Å². The van der Waals surface area contributed by atoms with Gasteiger partial charge in [0.15, 0.2) is 0 Å². The first-order chi connectivity index (χ1) is 7.13. The van der Waals surface area contributed by atoms with E-state index in [9.17, 15) is 8.42 Å². The van der Waals surface area contributed by atoms with E-state index in [1.165, 1.54) is 0 Å². The van der Waals surface area contributed by atoms with Crippen LogP contribution < -0.4 is 5.32 Å². The Labute approximate surface area is 95.8 Å². The van der Waals surface area contributed by atoms with Gasteiger partial charge in [-0.05, 0) is 25.5 Å². The lowest BCUT2D eigenvalue weighted by molar-refractivity contribution is 0.395. The van der Waals surface area contributed by atoms with E-state index in [4.69, 9.17) is 0 Å². The van der Waals surface area contributed by atoms with Gasteiger partial charge < -0.3 is 5.32 Å². The van der Waals surface area contributed by atoms with Gasteiger partial charge in [-0.2, -0.15) is 4.31 Å².